The molecule has 1 fully saturated rings. The van der Waals surface area contributed by atoms with Crippen LogP contribution >= 0.6 is 0 Å². The number of hydrogen-bond donors (Lipinski definition) is 3. The molecule has 2 aromatic heterocycles. The standard InChI is InChI=1S/C20H24N8O/c1-29-18-9-15(28-7-2-5-22-6-8-28)3-4-16(18)17-10-19(27-26-17)25-20-13-23-14(11-21)12-24-20/h3,9-10,12-13,16,22H,2,4-8H2,1H3,(H2,24,25,26,27). The van der Waals surface area contributed by atoms with Gasteiger partial charge in [0.25, 0.3) is 0 Å². The van der Waals surface area contributed by atoms with Gasteiger partial charge in [0.1, 0.15) is 17.6 Å². The smallest absolute Gasteiger partial charge is 0.158 e. The van der Waals surface area contributed by atoms with Crippen LogP contribution in [0, 0.1) is 11.3 Å². The maximum atomic E-state index is 8.81. The van der Waals surface area contributed by atoms with E-state index in [2.05, 4.69) is 47.9 Å². The Morgan fingerprint density at radius 2 is 2.17 bits per heavy atom. The van der Waals surface area contributed by atoms with Crippen LogP contribution in [0.15, 0.2) is 42.1 Å². The topological polar surface area (TPSA) is 115 Å². The summed E-state index contributed by atoms with van der Waals surface area (Å²) < 4.78 is 5.72. The third-order valence-corrected chi connectivity index (χ3v) is 5.13. The lowest BCUT2D eigenvalue weighted by Crippen LogP contribution is -2.28. The van der Waals surface area contributed by atoms with Crippen molar-refractivity contribution >= 4 is 11.6 Å². The normalized spacial score (nSPS) is 19.6. The molecule has 1 saturated heterocycles. The zero-order valence-electron chi connectivity index (χ0n) is 16.4. The predicted octanol–water partition coefficient (Wildman–Crippen LogP) is 2.01. The van der Waals surface area contributed by atoms with Crippen molar-refractivity contribution in [3.63, 3.8) is 0 Å². The number of methoxy groups -OCH3 is 1. The summed E-state index contributed by atoms with van der Waals surface area (Å²) >= 11 is 0. The Bertz CT molecular complexity index is 932. The molecule has 2 aromatic rings. The quantitative estimate of drug-likeness (QED) is 0.708. The van der Waals surface area contributed by atoms with Gasteiger partial charge in [-0.2, -0.15) is 10.4 Å². The molecule has 0 amide bonds. The second kappa shape index (κ2) is 8.75. The van der Waals surface area contributed by atoms with E-state index in [0.29, 0.717) is 11.6 Å². The Labute approximate surface area is 169 Å². The van der Waals surface area contributed by atoms with Crippen LogP contribution < -0.4 is 10.6 Å². The number of aromatic nitrogens is 4. The van der Waals surface area contributed by atoms with Crippen LogP contribution in [-0.4, -0.2) is 58.4 Å². The Kier molecular flexibility index (Phi) is 5.72. The molecule has 9 heteroatoms. The summed E-state index contributed by atoms with van der Waals surface area (Å²) in [6, 6.07) is 3.90. The highest BCUT2D eigenvalue weighted by Gasteiger charge is 2.25. The highest BCUT2D eigenvalue weighted by Crippen LogP contribution is 2.34. The summed E-state index contributed by atoms with van der Waals surface area (Å²) in [5.74, 6) is 2.19. The lowest BCUT2D eigenvalue weighted by atomic mass is 9.93. The Balaban J connectivity index is 1.46. The van der Waals surface area contributed by atoms with Crippen molar-refractivity contribution in [1.82, 2.24) is 30.4 Å². The van der Waals surface area contributed by atoms with Crippen LogP contribution in [0.3, 0.4) is 0 Å². The molecular weight excluding hydrogens is 368 g/mol. The molecule has 1 unspecified atom stereocenters. The first-order valence-electron chi connectivity index (χ1n) is 9.72. The summed E-state index contributed by atoms with van der Waals surface area (Å²) in [4.78, 5) is 10.6. The number of nitriles is 1. The fraction of sp³-hybridized carbons (Fsp3) is 0.400. The van der Waals surface area contributed by atoms with Gasteiger partial charge in [-0.3, -0.25) is 5.10 Å². The fourth-order valence-corrected chi connectivity index (χ4v) is 3.63. The van der Waals surface area contributed by atoms with Crippen LogP contribution in [-0.2, 0) is 4.74 Å². The van der Waals surface area contributed by atoms with Crippen molar-refractivity contribution in [3.05, 3.63) is 53.5 Å². The van der Waals surface area contributed by atoms with Gasteiger partial charge < -0.3 is 20.3 Å². The summed E-state index contributed by atoms with van der Waals surface area (Å²) in [6.45, 7) is 4.14. The average molecular weight is 392 g/mol. The van der Waals surface area contributed by atoms with E-state index >= 15 is 0 Å². The summed E-state index contributed by atoms with van der Waals surface area (Å²) in [5, 5.41) is 22.8. The molecule has 1 aliphatic carbocycles. The van der Waals surface area contributed by atoms with Gasteiger partial charge in [0.2, 0.25) is 0 Å². The largest absolute Gasteiger partial charge is 0.500 e. The molecule has 0 spiro atoms. The third kappa shape index (κ3) is 4.38. The number of ether oxygens (including phenoxy) is 1. The van der Waals surface area contributed by atoms with Gasteiger partial charge in [0, 0.05) is 37.1 Å². The molecule has 3 N–H and O–H groups in total. The number of nitrogens with one attached hydrogen (secondary N) is 3. The van der Waals surface area contributed by atoms with Crippen LogP contribution in [0.1, 0.15) is 30.1 Å². The molecule has 3 heterocycles. The van der Waals surface area contributed by atoms with E-state index in [4.69, 9.17) is 10.00 Å². The van der Waals surface area contributed by atoms with E-state index in [9.17, 15) is 0 Å². The van der Waals surface area contributed by atoms with Crippen LogP contribution in [0.4, 0.5) is 11.6 Å². The highest BCUT2D eigenvalue weighted by molar-refractivity contribution is 5.51. The lowest BCUT2D eigenvalue weighted by molar-refractivity contribution is 0.255. The van der Waals surface area contributed by atoms with Crippen molar-refractivity contribution in [3.8, 4) is 6.07 Å². The molecule has 0 radical (unpaired) electrons. The van der Waals surface area contributed by atoms with Crippen LogP contribution in [0.25, 0.3) is 0 Å². The maximum Gasteiger partial charge on any atom is 0.158 e. The van der Waals surface area contributed by atoms with E-state index in [0.717, 1.165) is 50.5 Å². The van der Waals surface area contributed by atoms with Gasteiger partial charge in [0.05, 0.1) is 25.4 Å². The average Bonchev–Trinajstić information content (AvgIpc) is 3.05. The summed E-state index contributed by atoms with van der Waals surface area (Å²) in [5.41, 5.74) is 2.47. The molecule has 29 heavy (non-hydrogen) atoms. The van der Waals surface area contributed by atoms with E-state index in [-0.39, 0.29) is 11.6 Å². The molecule has 1 atom stereocenters. The van der Waals surface area contributed by atoms with Gasteiger partial charge in [-0.1, -0.05) is 6.08 Å². The molecular formula is C20H24N8O. The van der Waals surface area contributed by atoms with Gasteiger partial charge in [0.15, 0.2) is 11.5 Å². The third-order valence-electron chi connectivity index (χ3n) is 5.13. The number of hydrogen-bond acceptors (Lipinski definition) is 8. The van der Waals surface area contributed by atoms with Gasteiger partial charge >= 0.3 is 0 Å². The second-order valence-electron chi connectivity index (χ2n) is 6.99. The molecule has 2 aliphatic rings. The minimum Gasteiger partial charge on any atom is -0.500 e. The van der Waals surface area contributed by atoms with Gasteiger partial charge in [-0.05, 0) is 25.5 Å². The Morgan fingerprint density at radius 1 is 1.24 bits per heavy atom. The highest BCUT2D eigenvalue weighted by atomic mass is 16.5. The number of anilines is 2. The first-order chi connectivity index (χ1) is 14.3. The van der Waals surface area contributed by atoms with Gasteiger partial charge in [-0.25, -0.2) is 9.97 Å². The van der Waals surface area contributed by atoms with Crippen LogP contribution in [0.5, 0.6) is 0 Å². The number of allylic oxidation sites excluding steroid dienone is 3. The van der Waals surface area contributed by atoms with Crippen molar-refractivity contribution in [1.29, 1.82) is 5.26 Å². The van der Waals surface area contributed by atoms with Crippen molar-refractivity contribution in [2.75, 3.05) is 38.6 Å². The summed E-state index contributed by atoms with van der Waals surface area (Å²) in [6.07, 6.45) is 9.34. The predicted molar refractivity (Wildman–Crippen MR) is 108 cm³/mol. The number of nitrogens with zero attached hydrogens (tertiary/aromatic N) is 5. The Hall–Kier alpha value is -3.38. The molecule has 4 rings (SSSR count). The second-order valence-corrected chi connectivity index (χ2v) is 6.99. The fourth-order valence-electron chi connectivity index (χ4n) is 3.63. The number of H-pyrrole nitrogens is 1. The van der Waals surface area contributed by atoms with Gasteiger partial charge in [-0.15, -0.1) is 0 Å². The van der Waals surface area contributed by atoms with Crippen LogP contribution in [0.2, 0.25) is 0 Å². The molecule has 1 aliphatic heterocycles. The molecule has 0 saturated carbocycles. The number of aromatic amines is 1. The van der Waals surface area contributed by atoms with Crippen molar-refractivity contribution in [2.24, 2.45) is 0 Å². The minimum atomic E-state index is 0.0870. The minimum absolute atomic E-state index is 0.0870. The first kappa shape index (κ1) is 19.0. The first-order valence-corrected chi connectivity index (χ1v) is 9.72. The molecule has 9 nitrogen and oxygen atoms in total. The van der Waals surface area contributed by atoms with E-state index in [1.165, 1.54) is 18.1 Å². The Morgan fingerprint density at radius 3 is 2.97 bits per heavy atom. The number of rotatable bonds is 5. The molecule has 0 aromatic carbocycles. The molecule has 0 bridgehead atoms. The zero-order chi connectivity index (χ0) is 20.1. The van der Waals surface area contributed by atoms with E-state index in [1.807, 2.05) is 12.1 Å². The van der Waals surface area contributed by atoms with E-state index < -0.39 is 0 Å². The van der Waals surface area contributed by atoms with Crippen molar-refractivity contribution < 1.29 is 4.74 Å². The summed E-state index contributed by atoms with van der Waals surface area (Å²) in [7, 11) is 1.72. The van der Waals surface area contributed by atoms with Crippen molar-refractivity contribution in [2.45, 2.75) is 18.8 Å². The van der Waals surface area contributed by atoms with E-state index in [1.54, 1.807) is 7.11 Å². The zero-order valence-corrected chi connectivity index (χ0v) is 16.4. The lowest BCUT2D eigenvalue weighted by Gasteiger charge is -2.29. The monoisotopic (exact) mass is 392 g/mol. The SMILES string of the molecule is COC1=CC(N2CCCNCC2)=CCC1c1cc(Nc2cnc(C#N)cn2)n[nH]1. The molecule has 150 valence electrons. The maximum absolute atomic E-state index is 8.81.